The first-order valence-electron chi connectivity index (χ1n) is 6.94. The van der Waals surface area contributed by atoms with Crippen molar-refractivity contribution in [1.82, 2.24) is 0 Å². The maximum Gasteiger partial charge on any atom is 0.134 e. The highest BCUT2D eigenvalue weighted by Gasteiger charge is 2.07. The van der Waals surface area contributed by atoms with E-state index in [2.05, 4.69) is 6.92 Å². The van der Waals surface area contributed by atoms with Crippen LogP contribution in [0.25, 0.3) is 0 Å². The molecule has 0 aliphatic heterocycles. The molecule has 0 aromatic heterocycles. The Kier molecular flexibility index (Phi) is 5.02. The maximum absolute atomic E-state index is 5.96. The van der Waals surface area contributed by atoms with E-state index in [0.717, 1.165) is 41.4 Å². The highest BCUT2D eigenvalue weighted by molar-refractivity contribution is 5.44. The highest BCUT2D eigenvalue weighted by atomic mass is 16.5. The third-order valence-corrected chi connectivity index (χ3v) is 3.03. The van der Waals surface area contributed by atoms with Gasteiger partial charge in [-0.25, -0.2) is 0 Å². The first-order valence-corrected chi connectivity index (χ1v) is 6.94. The van der Waals surface area contributed by atoms with Gasteiger partial charge in [0.05, 0.1) is 6.61 Å². The van der Waals surface area contributed by atoms with E-state index in [0.29, 0.717) is 6.54 Å². The van der Waals surface area contributed by atoms with Crippen LogP contribution in [0.3, 0.4) is 0 Å². The molecule has 0 heterocycles. The SMILES string of the molecule is CCCOc1ccc(Oc2c(C)cccc2CN)cc1. The average Bonchev–Trinajstić information content (AvgIpc) is 2.48. The smallest absolute Gasteiger partial charge is 0.134 e. The molecule has 20 heavy (non-hydrogen) atoms. The van der Waals surface area contributed by atoms with Crippen molar-refractivity contribution in [2.24, 2.45) is 5.73 Å². The fourth-order valence-electron chi connectivity index (χ4n) is 1.96. The lowest BCUT2D eigenvalue weighted by Gasteiger charge is -2.13. The molecular formula is C17H21NO2. The molecule has 2 N–H and O–H groups in total. The highest BCUT2D eigenvalue weighted by Crippen LogP contribution is 2.29. The van der Waals surface area contributed by atoms with Gasteiger partial charge in [0.15, 0.2) is 0 Å². The van der Waals surface area contributed by atoms with E-state index in [9.17, 15) is 0 Å². The fraction of sp³-hybridized carbons (Fsp3) is 0.294. The third-order valence-electron chi connectivity index (χ3n) is 3.03. The zero-order chi connectivity index (χ0) is 14.4. The molecule has 3 nitrogen and oxygen atoms in total. The second-order valence-corrected chi connectivity index (χ2v) is 4.69. The van der Waals surface area contributed by atoms with Crippen molar-refractivity contribution < 1.29 is 9.47 Å². The second-order valence-electron chi connectivity index (χ2n) is 4.69. The normalized spacial score (nSPS) is 10.3. The van der Waals surface area contributed by atoms with Gasteiger partial charge in [-0.3, -0.25) is 0 Å². The van der Waals surface area contributed by atoms with Crippen LogP contribution in [0.2, 0.25) is 0 Å². The predicted molar refractivity (Wildman–Crippen MR) is 81.4 cm³/mol. The topological polar surface area (TPSA) is 44.5 Å². The van der Waals surface area contributed by atoms with Crippen LogP contribution in [-0.2, 0) is 6.54 Å². The van der Waals surface area contributed by atoms with Gasteiger partial charge in [0.2, 0.25) is 0 Å². The van der Waals surface area contributed by atoms with Crippen LogP contribution in [-0.4, -0.2) is 6.61 Å². The summed E-state index contributed by atoms with van der Waals surface area (Å²) in [6.45, 7) is 5.31. The summed E-state index contributed by atoms with van der Waals surface area (Å²) in [7, 11) is 0. The van der Waals surface area contributed by atoms with Crippen LogP contribution in [0.1, 0.15) is 24.5 Å². The molecule has 0 spiro atoms. The van der Waals surface area contributed by atoms with E-state index < -0.39 is 0 Å². The van der Waals surface area contributed by atoms with Crippen LogP contribution < -0.4 is 15.2 Å². The molecule has 0 unspecified atom stereocenters. The lowest BCUT2D eigenvalue weighted by atomic mass is 10.1. The van der Waals surface area contributed by atoms with Gasteiger partial charge in [0.25, 0.3) is 0 Å². The van der Waals surface area contributed by atoms with E-state index in [4.69, 9.17) is 15.2 Å². The van der Waals surface area contributed by atoms with Crippen molar-refractivity contribution >= 4 is 0 Å². The Labute approximate surface area is 120 Å². The van der Waals surface area contributed by atoms with E-state index in [1.165, 1.54) is 0 Å². The number of hydrogen-bond donors (Lipinski definition) is 1. The first-order chi connectivity index (χ1) is 9.74. The minimum absolute atomic E-state index is 0.467. The lowest BCUT2D eigenvalue weighted by Crippen LogP contribution is -2.01. The molecule has 0 atom stereocenters. The Morgan fingerprint density at radius 1 is 1.00 bits per heavy atom. The van der Waals surface area contributed by atoms with E-state index in [1.54, 1.807) is 0 Å². The number of nitrogens with two attached hydrogens (primary N) is 1. The summed E-state index contributed by atoms with van der Waals surface area (Å²) in [5, 5.41) is 0. The average molecular weight is 271 g/mol. The lowest BCUT2D eigenvalue weighted by molar-refractivity contribution is 0.317. The summed E-state index contributed by atoms with van der Waals surface area (Å²) in [5.74, 6) is 2.50. The van der Waals surface area contributed by atoms with Crippen LogP contribution >= 0.6 is 0 Å². The van der Waals surface area contributed by atoms with Crippen molar-refractivity contribution in [2.45, 2.75) is 26.8 Å². The number of hydrogen-bond acceptors (Lipinski definition) is 3. The molecule has 2 aromatic rings. The van der Waals surface area contributed by atoms with Gasteiger partial charge in [-0.15, -0.1) is 0 Å². The number of para-hydroxylation sites is 1. The zero-order valence-electron chi connectivity index (χ0n) is 12.1. The standard InChI is InChI=1S/C17H21NO2/c1-3-11-19-15-7-9-16(10-8-15)20-17-13(2)5-4-6-14(17)12-18/h4-10H,3,11-12,18H2,1-2H3. The summed E-state index contributed by atoms with van der Waals surface area (Å²) in [4.78, 5) is 0. The van der Waals surface area contributed by atoms with Crippen LogP contribution in [0.5, 0.6) is 17.2 Å². The summed E-state index contributed by atoms with van der Waals surface area (Å²) in [6, 6.07) is 13.7. The summed E-state index contributed by atoms with van der Waals surface area (Å²) in [6.07, 6.45) is 1.00. The Hall–Kier alpha value is -2.00. The van der Waals surface area contributed by atoms with Gasteiger partial charge in [-0.05, 0) is 43.2 Å². The van der Waals surface area contributed by atoms with E-state index in [-0.39, 0.29) is 0 Å². The maximum atomic E-state index is 5.96. The molecule has 0 amide bonds. The monoisotopic (exact) mass is 271 g/mol. The summed E-state index contributed by atoms with van der Waals surface area (Å²) >= 11 is 0. The van der Waals surface area contributed by atoms with Crippen molar-refractivity contribution in [2.75, 3.05) is 6.61 Å². The van der Waals surface area contributed by atoms with E-state index >= 15 is 0 Å². The van der Waals surface area contributed by atoms with Crippen molar-refractivity contribution in [1.29, 1.82) is 0 Å². The number of ether oxygens (including phenoxy) is 2. The molecular weight excluding hydrogens is 250 g/mol. The molecule has 3 heteroatoms. The summed E-state index contributed by atoms with van der Waals surface area (Å²) in [5.41, 5.74) is 7.85. The Morgan fingerprint density at radius 3 is 2.35 bits per heavy atom. The Balaban J connectivity index is 2.14. The molecule has 2 rings (SSSR count). The number of aryl methyl sites for hydroxylation is 1. The minimum atomic E-state index is 0.467. The predicted octanol–water partition coefficient (Wildman–Crippen LogP) is 4.03. The van der Waals surface area contributed by atoms with Crippen LogP contribution in [0.4, 0.5) is 0 Å². The Bertz CT molecular complexity index is 549. The second kappa shape index (κ2) is 6.96. The minimum Gasteiger partial charge on any atom is -0.494 e. The largest absolute Gasteiger partial charge is 0.494 e. The fourth-order valence-corrected chi connectivity index (χ4v) is 1.96. The number of rotatable bonds is 6. The molecule has 0 bridgehead atoms. The third kappa shape index (κ3) is 3.52. The molecule has 2 aromatic carbocycles. The molecule has 0 saturated heterocycles. The molecule has 106 valence electrons. The van der Waals surface area contributed by atoms with Crippen LogP contribution in [0.15, 0.2) is 42.5 Å². The van der Waals surface area contributed by atoms with Crippen LogP contribution in [0, 0.1) is 6.92 Å². The summed E-state index contributed by atoms with van der Waals surface area (Å²) < 4.78 is 11.5. The van der Waals surface area contributed by atoms with Crippen molar-refractivity contribution in [3.8, 4) is 17.2 Å². The van der Waals surface area contributed by atoms with Crippen molar-refractivity contribution in [3.63, 3.8) is 0 Å². The molecule has 0 radical (unpaired) electrons. The van der Waals surface area contributed by atoms with Gasteiger partial charge >= 0.3 is 0 Å². The van der Waals surface area contributed by atoms with Gasteiger partial charge < -0.3 is 15.2 Å². The Morgan fingerprint density at radius 2 is 1.70 bits per heavy atom. The van der Waals surface area contributed by atoms with Gasteiger partial charge in [-0.2, -0.15) is 0 Å². The molecule has 0 aliphatic rings. The van der Waals surface area contributed by atoms with Gasteiger partial charge in [0, 0.05) is 12.1 Å². The number of benzene rings is 2. The van der Waals surface area contributed by atoms with E-state index in [1.807, 2.05) is 49.4 Å². The van der Waals surface area contributed by atoms with Gasteiger partial charge in [-0.1, -0.05) is 25.1 Å². The first kappa shape index (κ1) is 14.4. The molecule has 0 saturated carbocycles. The van der Waals surface area contributed by atoms with Gasteiger partial charge in [0.1, 0.15) is 17.2 Å². The van der Waals surface area contributed by atoms with Crippen molar-refractivity contribution in [3.05, 3.63) is 53.6 Å². The quantitative estimate of drug-likeness (QED) is 0.862. The zero-order valence-corrected chi connectivity index (χ0v) is 12.1. The molecule has 0 fully saturated rings. The molecule has 0 aliphatic carbocycles.